The molecule has 0 aliphatic carbocycles. The maximum absolute atomic E-state index is 6.80. The summed E-state index contributed by atoms with van der Waals surface area (Å²) >= 11 is 27.2. The molecule has 4 nitrogen and oxygen atoms in total. The van der Waals surface area contributed by atoms with E-state index in [9.17, 15) is 0 Å². The molecule has 40 heavy (non-hydrogen) atoms. The van der Waals surface area contributed by atoms with Crippen molar-refractivity contribution >= 4 is 80.4 Å². The van der Waals surface area contributed by atoms with Gasteiger partial charge in [0.15, 0.2) is 0 Å². The lowest BCUT2D eigenvalue weighted by molar-refractivity contribution is 1.41. The summed E-state index contributed by atoms with van der Waals surface area (Å²) < 4.78 is 0. The Bertz CT molecular complexity index is 1880. The van der Waals surface area contributed by atoms with E-state index in [-0.39, 0.29) is 0 Å². The molecule has 2 aromatic carbocycles. The molecule has 0 saturated heterocycles. The van der Waals surface area contributed by atoms with Gasteiger partial charge in [-0.1, -0.05) is 58.5 Å². The van der Waals surface area contributed by atoms with Crippen molar-refractivity contribution in [2.24, 2.45) is 20.0 Å². The number of allylic oxidation sites excluding steroid dienone is 12. The van der Waals surface area contributed by atoms with Crippen LogP contribution in [0.25, 0.3) is 11.1 Å². The number of hydrogen-bond donors (Lipinski definition) is 0. The highest BCUT2D eigenvalue weighted by atomic mass is 35.5. The molecule has 5 aliphatic heterocycles. The molecule has 0 saturated carbocycles. The molecule has 7 rings (SSSR count). The van der Waals surface area contributed by atoms with Gasteiger partial charge in [-0.15, -0.1) is 0 Å². The summed E-state index contributed by atoms with van der Waals surface area (Å²) in [6, 6.07) is 10.8. The molecule has 0 aromatic heterocycles. The Morgan fingerprint density at radius 3 is 1.35 bits per heavy atom. The van der Waals surface area contributed by atoms with Crippen molar-refractivity contribution in [2.75, 3.05) is 0 Å². The number of hydrogen-bond acceptors (Lipinski definition) is 4. The van der Waals surface area contributed by atoms with Crippen LogP contribution in [0.5, 0.6) is 0 Å². The molecule has 0 fully saturated rings. The van der Waals surface area contributed by atoms with E-state index >= 15 is 0 Å². The standard InChI is InChI=1S/C32H16Cl4N4/c33-23-3-1-4-24(34)29(23)31-27-15-21-11-9-19(38-21)13-17-7-8-18(37-17)14-20-10-12-22(39-20)16-28(40-27)32(31)30-25(35)5-2-6-26(30)36/h1-16H. The largest absolute Gasteiger partial charge is 0.249 e. The predicted molar refractivity (Wildman–Crippen MR) is 169 cm³/mol. The monoisotopic (exact) mass is 596 g/mol. The summed E-state index contributed by atoms with van der Waals surface area (Å²) in [6.07, 6.45) is 19.3. The van der Waals surface area contributed by atoms with Gasteiger partial charge in [0.25, 0.3) is 0 Å². The van der Waals surface area contributed by atoms with Gasteiger partial charge < -0.3 is 0 Å². The normalized spacial score (nSPS) is 18.8. The third-order valence-corrected chi connectivity index (χ3v) is 7.90. The van der Waals surface area contributed by atoms with E-state index in [1.54, 1.807) is 36.4 Å². The highest BCUT2D eigenvalue weighted by molar-refractivity contribution is 6.49. The fourth-order valence-corrected chi connectivity index (χ4v) is 6.11. The second kappa shape index (κ2) is 9.99. The van der Waals surface area contributed by atoms with Crippen molar-refractivity contribution in [1.82, 2.24) is 0 Å². The van der Waals surface area contributed by atoms with Crippen LogP contribution < -0.4 is 0 Å². The van der Waals surface area contributed by atoms with Gasteiger partial charge >= 0.3 is 0 Å². The molecule has 8 bridgehead atoms. The summed E-state index contributed by atoms with van der Waals surface area (Å²) in [4.78, 5) is 19.3. The van der Waals surface area contributed by atoms with Crippen LogP contribution in [0.15, 0.2) is 140 Å². The van der Waals surface area contributed by atoms with Gasteiger partial charge in [-0.05, 0) is 85.0 Å². The summed E-state index contributed by atoms with van der Waals surface area (Å²) in [6.45, 7) is 0. The van der Waals surface area contributed by atoms with Gasteiger partial charge in [-0.3, -0.25) is 0 Å². The van der Waals surface area contributed by atoms with Crippen molar-refractivity contribution in [1.29, 1.82) is 0 Å². The van der Waals surface area contributed by atoms with Crippen LogP contribution in [0.3, 0.4) is 0 Å². The smallest absolute Gasteiger partial charge is 0.0745 e. The van der Waals surface area contributed by atoms with E-state index in [4.69, 9.17) is 61.4 Å². The number of halogens is 4. The molecule has 5 aliphatic rings. The zero-order valence-corrected chi connectivity index (χ0v) is 23.6. The minimum Gasteiger partial charge on any atom is -0.249 e. The number of fused-ring (bicyclic) bond motifs is 4. The van der Waals surface area contributed by atoms with Crippen molar-refractivity contribution in [2.45, 2.75) is 0 Å². The number of nitrogens with zero attached hydrogens (tertiary/aromatic N) is 4. The SMILES string of the molecule is Clc1cccc(Cl)c1C1=C(c2c(Cl)cccc2Cl)C2=NC1=CC1=NC(=CC3=NC(=CC4=NC(=C2)C=C4)C=C3)C=C1. The van der Waals surface area contributed by atoms with Gasteiger partial charge in [0.05, 0.1) is 45.6 Å². The summed E-state index contributed by atoms with van der Waals surface area (Å²) in [5.41, 5.74) is 8.53. The first-order valence-corrected chi connectivity index (χ1v) is 13.8. The molecule has 0 amide bonds. The van der Waals surface area contributed by atoms with E-state index in [2.05, 4.69) is 4.99 Å². The fraction of sp³-hybridized carbons (Fsp3) is 0. The van der Waals surface area contributed by atoms with E-state index in [0.29, 0.717) is 53.8 Å². The minimum atomic E-state index is 0.474. The topological polar surface area (TPSA) is 49.4 Å². The van der Waals surface area contributed by atoms with Gasteiger partial charge in [0.1, 0.15) is 0 Å². The van der Waals surface area contributed by atoms with Crippen molar-refractivity contribution in [3.63, 3.8) is 0 Å². The minimum absolute atomic E-state index is 0.474. The van der Waals surface area contributed by atoms with Crippen molar-refractivity contribution in [3.8, 4) is 0 Å². The molecule has 0 spiro atoms. The van der Waals surface area contributed by atoms with Crippen LogP contribution in [0.2, 0.25) is 20.1 Å². The van der Waals surface area contributed by atoms with Gasteiger partial charge in [0.2, 0.25) is 0 Å². The third-order valence-electron chi connectivity index (χ3n) is 6.64. The summed E-state index contributed by atoms with van der Waals surface area (Å²) in [7, 11) is 0. The van der Waals surface area contributed by atoms with Crippen LogP contribution in [0.1, 0.15) is 11.1 Å². The second-order valence-corrected chi connectivity index (χ2v) is 10.9. The first-order valence-electron chi connectivity index (χ1n) is 12.3. The molecule has 2 aromatic rings. The molecule has 0 atom stereocenters. The van der Waals surface area contributed by atoms with E-state index < -0.39 is 0 Å². The zero-order valence-electron chi connectivity index (χ0n) is 20.5. The van der Waals surface area contributed by atoms with Crippen LogP contribution in [-0.4, -0.2) is 22.8 Å². The van der Waals surface area contributed by atoms with Crippen molar-refractivity contribution < 1.29 is 0 Å². The zero-order chi connectivity index (χ0) is 27.4. The molecule has 0 N–H and O–H groups in total. The quantitative estimate of drug-likeness (QED) is 0.331. The molecule has 0 radical (unpaired) electrons. The Hall–Kier alpha value is -3.80. The van der Waals surface area contributed by atoms with Crippen LogP contribution in [-0.2, 0) is 0 Å². The van der Waals surface area contributed by atoms with Crippen LogP contribution in [0, 0.1) is 0 Å². The van der Waals surface area contributed by atoms with Crippen molar-refractivity contribution in [3.05, 3.63) is 151 Å². The fourth-order valence-electron chi connectivity index (χ4n) is 4.93. The first kappa shape index (κ1) is 25.2. The maximum atomic E-state index is 6.80. The Morgan fingerprint density at radius 2 is 0.850 bits per heavy atom. The van der Waals surface area contributed by atoms with Gasteiger partial charge in [-0.25, -0.2) is 20.0 Å². The van der Waals surface area contributed by atoms with Crippen LogP contribution >= 0.6 is 46.4 Å². The molecule has 5 heterocycles. The maximum Gasteiger partial charge on any atom is 0.0745 e. The van der Waals surface area contributed by atoms with Gasteiger partial charge in [-0.2, -0.15) is 0 Å². The Kier molecular flexibility index (Phi) is 6.29. The molecule has 0 unspecified atom stereocenters. The number of benzene rings is 2. The molecular formula is C32H16Cl4N4. The van der Waals surface area contributed by atoms with Gasteiger partial charge in [0, 0.05) is 42.4 Å². The second-order valence-electron chi connectivity index (χ2n) is 9.29. The predicted octanol–water partition coefficient (Wildman–Crippen LogP) is 9.25. The lowest BCUT2D eigenvalue weighted by atomic mass is 9.91. The number of rotatable bonds is 2. The lowest BCUT2D eigenvalue weighted by Crippen LogP contribution is -2.01. The Labute approximate surface area is 250 Å². The summed E-state index contributed by atoms with van der Waals surface area (Å²) in [5, 5.41) is 1.90. The highest BCUT2D eigenvalue weighted by Crippen LogP contribution is 2.48. The van der Waals surface area contributed by atoms with E-state index in [1.807, 2.05) is 60.8 Å². The molecular weight excluding hydrogens is 582 g/mol. The average Bonchev–Trinajstić information content (AvgIpc) is 3.70. The number of aliphatic imine (C=N–C) groups is 4. The van der Waals surface area contributed by atoms with E-state index in [0.717, 1.165) is 34.2 Å². The first-order chi connectivity index (χ1) is 19.4. The Morgan fingerprint density at radius 1 is 0.425 bits per heavy atom. The molecule has 192 valence electrons. The van der Waals surface area contributed by atoms with E-state index in [1.165, 1.54) is 0 Å². The highest BCUT2D eigenvalue weighted by Gasteiger charge is 2.31. The average molecular weight is 598 g/mol. The lowest BCUT2D eigenvalue weighted by Gasteiger charge is -2.15. The third kappa shape index (κ3) is 4.53. The molecule has 8 heteroatoms. The van der Waals surface area contributed by atoms with Crippen LogP contribution in [0.4, 0.5) is 0 Å². The summed E-state index contributed by atoms with van der Waals surface area (Å²) in [5.74, 6) is 0. The Balaban J connectivity index is 1.56.